The number of rotatable bonds is 2. The normalized spacial score (nSPS) is 19.7. The molecule has 0 bridgehead atoms. The average molecular weight is 325 g/mol. The fourth-order valence-electron chi connectivity index (χ4n) is 3.07. The highest BCUT2D eigenvalue weighted by molar-refractivity contribution is 6.35. The molecule has 8 heteroatoms. The molecule has 1 saturated heterocycles. The first-order valence-corrected chi connectivity index (χ1v) is 7.95. The Balaban J connectivity index is 1.78. The molecule has 1 fully saturated rings. The number of aryl methyl sites for hydroxylation is 1. The molecule has 1 amide bonds. The number of H-pyrrole nitrogens is 1. The largest absolute Gasteiger partial charge is 0.353 e. The molecule has 24 heavy (non-hydrogen) atoms. The summed E-state index contributed by atoms with van der Waals surface area (Å²) in [5.74, 6) is 1.23. The lowest BCUT2D eigenvalue weighted by atomic mass is 10.1. The highest BCUT2D eigenvalue weighted by Crippen LogP contribution is 2.37. The van der Waals surface area contributed by atoms with E-state index in [1.807, 2.05) is 13.0 Å². The second-order valence-corrected chi connectivity index (χ2v) is 6.12. The van der Waals surface area contributed by atoms with Crippen LogP contribution in [0.3, 0.4) is 0 Å². The van der Waals surface area contributed by atoms with E-state index < -0.39 is 0 Å². The molecule has 2 N–H and O–H groups in total. The quantitative estimate of drug-likeness (QED) is 0.792. The van der Waals surface area contributed by atoms with Crippen LogP contribution in [-0.2, 0) is 4.79 Å². The van der Waals surface area contributed by atoms with Crippen LogP contribution in [0, 0.1) is 6.92 Å². The Kier molecular flexibility index (Phi) is 3.53. The molecule has 2 aromatic rings. The van der Waals surface area contributed by atoms with Gasteiger partial charge in [-0.25, -0.2) is 15.0 Å². The zero-order chi connectivity index (χ0) is 16.7. The second-order valence-electron chi connectivity index (χ2n) is 6.12. The number of piperazine rings is 1. The number of carbonyl (C=O) groups is 1. The number of anilines is 2. The van der Waals surface area contributed by atoms with Gasteiger partial charge in [0.05, 0.1) is 28.9 Å². The number of aromatic nitrogens is 4. The van der Waals surface area contributed by atoms with Crippen molar-refractivity contribution in [3.8, 4) is 0 Å². The van der Waals surface area contributed by atoms with Crippen molar-refractivity contribution in [3.05, 3.63) is 29.6 Å². The van der Waals surface area contributed by atoms with E-state index in [9.17, 15) is 4.79 Å². The number of fused-ring (bicyclic) bond motifs is 1. The molecule has 4 heterocycles. The third-order valence-electron chi connectivity index (χ3n) is 4.53. The fourth-order valence-corrected chi connectivity index (χ4v) is 3.07. The summed E-state index contributed by atoms with van der Waals surface area (Å²) in [4.78, 5) is 32.9. The number of hydrogen-bond acceptors (Lipinski definition) is 6. The van der Waals surface area contributed by atoms with Crippen molar-refractivity contribution >= 4 is 29.2 Å². The Morgan fingerprint density at radius 2 is 1.96 bits per heavy atom. The minimum absolute atomic E-state index is 0.158. The Labute approximate surface area is 139 Å². The summed E-state index contributed by atoms with van der Waals surface area (Å²) in [5, 5.41) is 2.84. The molecule has 0 spiro atoms. The number of likely N-dealkylation sites (N-methyl/N-ethyl adjacent to an activating group) is 1. The van der Waals surface area contributed by atoms with Crippen molar-refractivity contribution in [1.82, 2.24) is 24.8 Å². The lowest BCUT2D eigenvalue weighted by Gasteiger charge is -2.33. The van der Waals surface area contributed by atoms with Crippen LogP contribution in [0.25, 0.3) is 11.6 Å². The molecule has 0 radical (unpaired) electrons. The first-order chi connectivity index (χ1) is 11.6. The fraction of sp³-hybridized carbons (Fsp3) is 0.375. The number of aromatic amines is 1. The molecule has 0 unspecified atom stereocenters. The van der Waals surface area contributed by atoms with Crippen LogP contribution in [0.4, 0.5) is 11.6 Å². The molecular weight excluding hydrogens is 306 g/mol. The van der Waals surface area contributed by atoms with Crippen molar-refractivity contribution in [2.45, 2.75) is 6.92 Å². The average Bonchev–Trinajstić information content (AvgIpc) is 3.12. The van der Waals surface area contributed by atoms with Gasteiger partial charge in [0.1, 0.15) is 18.0 Å². The number of carbonyl (C=O) groups excluding carboxylic acids is 1. The van der Waals surface area contributed by atoms with Gasteiger partial charge >= 0.3 is 0 Å². The van der Waals surface area contributed by atoms with Crippen LogP contribution < -0.4 is 10.2 Å². The Morgan fingerprint density at radius 1 is 1.17 bits per heavy atom. The molecule has 124 valence electrons. The number of nitrogens with zero attached hydrogens (tertiary/aromatic N) is 5. The van der Waals surface area contributed by atoms with Gasteiger partial charge in [0, 0.05) is 26.2 Å². The van der Waals surface area contributed by atoms with Gasteiger partial charge in [-0.05, 0) is 20.0 Å². The summed E-state index contributed by atoms with van der Waals surface area (Å²) in [6, 6.07) is 0. The number of nitrogens with one attached hydrogen (secondary N) is 2. The van der Waals surface area contributed by atoms with Crippen molar-refractivity contribution in [1.29, 1.82) is 0 Å². The second kappa shape index (κ2) is 5.72. The van der Waals surface area contributed by atoms with Gasteiger partial charge in [0.25, 0.3) is 5.91 Å². The lowest BCUT2D eigenvalue weighted by Crippen LogP contribution is -2.45. The molecule has 0 atom stereocenters. The zero-order valence-electron chi connectivity index (χ0n) is 13.7. The molecular formula is C16H19N7O. The molecule has 2 aliphatic heterocycles. The van der Waals surface area contributed by atoms with Crippen LogP contribution in [0.1, 0.15) is 17.0 Å². The highest BCUT2D eigenvalue weighted by atomic mass is 16.2. The smallest absolute Gasteiger partial charge is 0.257 e. The van der Waals surface area contributed by atoms with E-state index in [2.05, 4.69) is 42.1 Å². The lowest BCUT2D eigenvalue weighted by molar-refractivity contribution is -0.110. The Hall–Kier alpha value is -2.74. The van der Waals surface area contributed by atoms with Gasteiger partial charge in [0.2, 0.25) is 0 Å². The predicted octanol–water partition coefficient (Wildman–Crippen LogP) is 0.753. The predicted molar refractivity (Wildman–Crippen MR) is 91.6 cm³/mol. The standard InChI is InChI=1S/C16H19N7O/c1-10-12(18-8-17-10)7-11-13-14(21-16(11)24)19-9-20-15(13)23-5-3-22(2)4-6-23/h7-9H,3-6H2,1-2H3,(H,17,18)(H,19,20,21,24). The van der Waals surface area contributed by atoms with Gasteiger partial charge in [-0.15, -0.1) is 0 Å². The molecule has 2 aliphatic rings. The highest BCUT2D eigenvalue weighted by Gasteiger charge is 2.32. The van der Waals surface area contributed by atoms with Gasteiger partial charge in [0.15, 0.2) is 0 Å². The third kappa shape index (κ3) is 2.44. The molecule has 2 aromatic heterocycles. The third-order valence-corrected chi connectivity index (χ3v) is 4.53. The molecule has 4 rings (SSSR count). The summed E-state index contributed by atoms with van der Waals surface area (Å²) in [7, 11) is 2.11. The molecule has 8 nitrogen and oxygen atoms in total. The summed E-state index contributed by atoms with van der Waals surface area (Å²) in [5.41, 5.74) is 3.02. The van der Waals surface area contributed by atoms with Crippen molar-refractivity contribution in [3.63, 3.8) is 0 Å². The van der Waals surface area contributed by atoms with Gasteiger partial charge in [-0.3, -0.25) is 4.79 Å². The number of imidazole rings is 1. The van der Waals surface area contributed by atoms with E-state index in [1.54, 1.807) is 6.33 Å². The first-order valence-electron chi connectivity index (χ1n) is 7.95. The van der Waals surface area contributed by atoms with Crippen LogP contribution in [0.5, 0.6) is 0 Å². The minimum atomic E-state index is -0.158. The number of hydrogen-bond donors (Lipinski definition) is 2. The molecule has 0 saturated carbocycles. The monoisotopic (exact) mass is 325 g/mol. The van der Waals surface area contributed by atoms with Crippen LogP contribution in [0.2, 0.25) is 0 Å². The SMILES string of the molecule is Cc1nc[nH]c1C=C1C(=O)Nc2ncnc(N3CCN(C)CC3)c21. The maximum atomic E-state index is 12.4. The van der Waals surface area contributed by atoms with E-state index in [0.717, 1.165) is 48.9 Å². The summed E-state index contributed by atoms with van der Waals surface area (Å²) in [6.07, 6.45) is 4.96. The molecule has 0 aromatic carbocycles. The Bertz CT molecular complexity index is 818. The number of amides is 1. The minimum Gasteiger partial charge on any atom is -0.353 e. The summed E-state index contributed by atoms with van der Waals surface area (Å²) in [6.45, 7) is 5.60. The van der Waals surface area contributed by atoms with E-state index in [-0.39, 0.29) is 5.91 Å². The first kappa shape index (κ1) is 14.8. The van der Waals surface area contributed by atoms with E-state index in [0.29, 0.717) is 11.4 Å². The summed E-state index contributed by atoms with van der Waals surface area (Å²) < 4.78 is 0. The maximum absolute atomic E-state index is 12.4. The van der Waals surface area contributed by atoms with Crippen LogP contribution in [-0.4, -0.2) is 64.0 Å². The van der Waals surface area contributed by atoms with Crippen molar-refractivity contribution < 1.29 is 4.79 Å². The van der Waals surface area contributed by atoms with Crippen molar-refractivity contribution in [2.24, 2.45) is 0 Å². The Morgan fingerprint density at radius 3 is 2.67 bits per heavy atom. The van der Waals surface area contributed by atoms with Gasteiger partial charge < -0.3 is 20.1 Å². The van der Waals surface area contributed by atoms with E-state index in [1.165, 1.54) is 6.33 Å². The summed E-state index contributed by atoms with van der Waals surface area (Å²) >= 11 is 0. The van der Waals surface area contributed by atoms with Crippen LogP contribution >= 0.6 is 0 Å². The van der Waals surface area contributed by atoms with Gasteiger partial charge in [-0.1, -0.05) is 0 Å². The molecule has 0 aliphatic carbocycles. The maximum Gasteiger partial charge on any atom is 0.257 e. The van der Waals surface area contributed by atoms with E-state index >= 15 is 0 Å². The van der Waals surface area contributed by atoms with Crippen molar-refractivity contribution in [2.75, 3.05) is 43.4 Å². The van der Waals surface area contributed by atoms with Gasteiger partial charge in [-0.2, -0.15) is 0 Å². The van der Waals surface area contributed by atoms with E-state index in [4.69, 9.17) is 0 Å². The topological polar surface area (TPSA) is 90.0 Å². The van der Waals surface area contributed by atoms with Crippen LogP contribution in [0.15, 0.2) is 12.7 Å². The zero-order valence-corrected chi connectivity index (χ0v) is 13.7.